The van der Waals surface area contributed by atoms with Gasteiger partial charge in [0.05, 0.1) is 11.1 Å². The summed E-state index contributed by atoms with van der Waals surface area (Å²) in [6.07, 6.45) is 5.46. The van der Waals surface area contributed by atoms with Crippen LogP contribution >= 0.6 is 0 Å². The van der Waals surface area contributed by atoms with E-state index in [9.17, 15) is 18.0 Å². The maximum Gasteiger partial charge on any atom is 0.271 e. The Morgan fingerprint density at radius 1 is 1.16 bits per heavy atom. The first-order valence-electron chi connectivity index (χ1n) is 9.64. The molecule has 1 aliphatic heterocycles. The second-order valence-corrected chi connectivity index (χ2v) is 7.23. The van der Waals surface area contributed by atoms with Gasteiger partial charge in [-0.25, -0.2) is 33.1 Å². The number of alkyl halides is 2. The molecule has 1 amide bonds. The summed E-state index contributed by atoms with van der Waals surface area (Å²) in [5.74, 6) is -4.34. The SMILES string of the molecule is Cc1cnc(NCC2N(C(=O)c3cccc(F)c3-c3ncccn3)CCC2(F)F)nc1. The van der Waals surface area contributed by atoms with E-state index in [1.54, 1.807) is 18.5 Å². The van der Waals surface area contributed by atoms with Crippen LogP contribution < -0.4 is 5.32 Å². The first-order valence-corrected chi connectivity index (χ1v) is 9.64. The van der Waals surface area contributed by atoms with Crippen molar-refractivity contribution < 1.29 is 18.0 Å². The van der Waals surface area contributed by atoms with Gasteiger partial charge in [0.15, 0.2) is 5.82 Å². The fraction of sp³-hybridized carbons (Fsp3) is 0.286. The summed E-state index contributed by atoms with van der Waals surface area (Å²) in [5, 5.41) is 2.77. The molecule has 160 valence electrons. The normalized spacial score (nSPS) is 17.5. The van der Waals surface area contributed by atoms with E-state index in [2.05, 4.69) is 25.3 Å². The summed E-state index contributed by atoms with van der Waals surface area (Å²) in [6, 6.07) is 4.03. The third-order valence-corrected chi connectivity index (χ3v) is 5.08. The van der Waals surface area contributed by atoms with Crippen LogP contribution in [0, 0.1) is 12.7 Å². The number of carbonyl (C=O) groups is 1. The van der Waals surface area contributed by atoms with Gasteiger partial charge in [0, 0.05) is 44.3 Å². The number of likely N-dealkylation sites (tertiary alicyclic amines) is 1. The van der Waals surface area contributed by atoms with Gasteiger partial charge in [-0.2, -0.15) is 0 Å². The number of hydrogen-bond acceptors (Lipinski definition) is 6. The standard InChI is InChI=1S/C21H19F3N6O/c1-13-10-27-20(28-11-13)29-12-16-21(23,24)6-9-30(16)19(31)14-4-2-5-15(22)17(14)18-25-7-3-8-26-18/h2-5,7-8,10-11,16H,6,9,12H2,1H3,(H,27,28,29). The molecule has 2 aromatic heterocycles. The highest BCUT2D eigenvalue weighted by Gasteiger charge is 2.51. The minimum Gasteiger partial charge on any atom is -0.352 e. The van der Waals surface area contributed by atoms with Crippen LogP contribution in [-0.4, -0.2) is 55.8 Å². The number of halogens is 3. The van der Waals surface area contributed by atoms with E-state index in [0.29, 0.717) is 0 Å². The highest BCUT2D eigenvalue weighted by atomic mass is 19.3. The third-order valence-electron chi connectivity index (χ3n) is 5.08. The van der Waals surface area contributed by atoms with Crippen LogP contribution in [-0.2, 0) is 0 Å². The summed E-state index contributed by atoms with van der Waals surface area (Å²) >= 11 is 0. The molecule has 3 heterocycles. The van der Waals surface area contributed by atoms with Gasteiger partial charge in [-0.15, -0.1) is 0 Å². The van der Waals surface area contributed by atoms with Gasteiger partial charge in [0.1, 0.15) is 11.9 Å². The number of carbonyl (C=O) groups excluding carboxylic acids is 1. The van der Waals surface area contributed by atoms with E-state index in [-0.39, 0.29) is 36.0 Å². The zero-order valence-corrected chi connectivity index (χ0v) is 16.6. The molecular weight excluding hydrogens is 409 g/mol. The number of aromatic nitrogens is 4. The fourth-order valence-electron chi connectivity index (χ4n) is 3.51. The summed E-state index contributed by atoms with van der Waals surface area (Å²) in [7, 11) is 0. The molecule has 0 aliphatic carbocycles. The average molecular weight is 428 g/mol. The lowest BCUT2D eigenvalue weighted by Gasteiger charge is -2.28. The lowest BCUT2D eigenvalue weighted by molar-refractivity contribution is -0.0248. The van der Waals surface area contributed by atoms with Gasteiger partial charge in [-0.05, 0) is 30.7 Å². The van der Waals surface area contributed by atoms with Gasteiger partial charge in [-0.3, -0.25) is 4.79 Å². The van der Waals surface area contributed by atoms with Crippen molar-refractivity contribution in [1.82, 2.24) is 24.8 Å². The number of hydrogen-bond donors (Lipinski definition) is 1. The van der Waals surface area contributed by atoms with E-state index < -0.39 is 30.1 Å². The van der Waals surface area contributed by atoms with Gasteiger partial charge < -0.3 is 10.2 Å². The van der Waals surface area contributed by atoms with Crippen LogP contribution in [0.1, 0.15) is 22.3 Å². The molecular formula is C21H19F3N6O. The highest BCUT2D eigenvalue weighted by Crippen LogP contribution is 2.36. The molecule has 1 N–H and O–H groups in total. The Kier molecular flexibility index (Phi) is 5.53. The summed E-state index contributed by atoms with van der Waals surface area (Å²) in [4.78, 5) is 30.4. The smallest absolute Gasteiger partial charge is 0.271 e. The van der Waals surface area contributed by atoms with Crippen molar-refractivity contribution in [2.24, 2.45) is 0 Å². The zero-order valence-electron chi connectivity index (χ0n) is 16.6. The number of aryl methyl sites for hydroxylation is 1. The number of benzene rings is 1. The van der Waals surface area contributed by atoms with Gasteiger partial charge in [-0.1, -0.05) is 6.07 Å². The molecule has 1 atom stereocenters. The quantitative estimate of drug-likeness (QED) is 0.671. The highest BCUT2D eigenvalue weighted by molar-refractivity contribution is 6.00. The predicted molar refractivity (Wildman–Crippen MR) is 107 cm³/mol. The van der Waals surface area contributed by atoms with E-state index in [0.717, 1.165) is 10.5 Å². The molecule has 0 radical (unpaired) electrons. The van der Waals surface area contributed by atoms with Crippen molar-refractivity contribution in [3.63, 3.8) is 0 Å². The molecule has 1 aromatic carbocycles. The number of amides is 1. The molecule has 3 aromatic rings. The molecule has 7 nitrogen and oxygen atoms in total. The minimum atomic E-state index is -3.12. The van der Waals surface area contributed by atoms with Crippen LogP contribution in [0.3, 0.4) is 0 Å². The Morgan fingerprint density at radius 2 is 1.87 bits per heavy atom. The Morgan fingerprint density at radius 3 is 2.58 bits per heavy atom. The average Bonchev–Trinajstić information content (AvgIpc) is 3.07. The molecule has 0 saturated carbocycles. The second-order valence-electron chi connectivity index (χ2n) is 7.23. The first-order chi connectivity index (χ1) is 14.9. The van der Waals surface area contributed by atoms with Gasteiger partial charge in [0.25, 0.3) is 11.8 Å². The van der Waals surface area contributed by atoms with Crippen LogP contribution in [0.25, 0.3) is 11.4 Å². The second kappa shape index (κ2) is 8.29. The number of anilines is 1. The van der Waals surface area contributed by atoms with E-state index >= 15 is 0 Å². The van der Waals surface area contributed by atoms with E-state index in [1.165, 1.54) is 30.6 Å². The number of nitrogens with zero attached hydrogens (tertiary/aromatic N) is 5. The number of rotatable bonds is 5. The molecule has 0 bridgehead atoms. The Balaban J connectivity index is 1.63. The van der Waals surface area contributed by atoms with Crippen molar-refractivity contribution in [3.8, 4) is 11.4 Å². The Hall–Kier alpha value is -3.56. The van der Waals surface area contributed by atoms with Crippen LogP contribution in [0.2, 0.25) is 0 Å². The molecule has 31 heavy (non-hydrogen) atoms. The van der Waals surface area contributed by atoms with Gasteiger partial charge >= 0.3 is 0 Å². The van der Waals surface area contributed by atoms with Crippen molar-refractivity contribution in [3.05, 3.63) is 66.0 Å². The van der Waals surface area contributed by atoms with Crippen molar-refractivity contribution in [1.29, 1.82) is 0 Å². The topological polar surface area (TPSA) is 83.9 Å². The Labute approximate surface area is 176 Å². The van der Waals surface area contributed by atoms with Crippen LogP contribution in [0.5, 0.6) is 0 Å². The van der Waals surface area contributed by atoms with E-state index in [4.69, 9.17) is 0 Å². The maximum atomic E-state index is 14.6. The minimum absolute atomic E-state index is 0.0117. The molecule has 1 fully saturated rings. The lowest BCUT2D eigenvalue weighted by atomic mass is 10.0. The molecule has 4 rings (SSSR count). The monoisotopic (exact) mass is 428 g/mol. The van der Waals surface area contributed by atoms with Crippen molar-refractivity contribution in [2.75, 3.05) is 18.4 Å². The Bertz CT molecular complexity index is 1080. The molecule has 1 saturated heterocycles. The van der Waals surface area contributed by atoms with E-state index in [1.807, 2.05) is 6.92 Å². The third kappa shape index (κ3) is 4.18. The largest absolute Gasteiger partial charge is 0.352 e. The molecule has 10 heteroatoms. The lowest BCUT2D eigenvalue weighted by Crippen LogP contribution is -2.47. The van der Waals surface area contributed by atoms with Gasteiger partial charge in [0.2, 0.25) is 5.95 Å². The number of nitrogens with one attached hydrogen (secondary N) is 1. The van der Waals surface area contributed by atoms with Crippen LogP contribution in [0.4, 0.5) is 19.1 Å². The van der Waals surface area contributed by atoms with Crippen molar-refractivity contribution >= 4 is 11.9 Å². The predicted octanol–water partition coefficient (Wildman–Crippen LogP) is 3.34. The molecule has 1 unspecified atom stereocenters. The fourth-order valence-corrected chi connectivity index (χ4v) is 3.51. The summed E-state index contributed by atoms with van der Waals surface area (Å²) < 4.78 is 43.9. The summed E-state index contributed by atoms with van der Waals surface area (Å²) in [5.41, 5.74) is 0.646. The summed E-state index contributed by atoms with van der Waals surface area (Å²) in [6.45, 7) is 1.38. The maximum absolute atomic E-state index is 14.6. The van der Waals surface area contributed by atoms with Crippen LogP contribution in [0.15, 0.2) is 49.1 Å². The zero-order chi connectivity index (χ0) is 22.0. The molecule has 0 spiro atoms. The molecule has 1 aliphatic rings. The first kappa shape index (κ1) is 20.7. The van der Waals surface area contributed by atoms with Crippen molar-refractivity contribution in [2.45, 2.75) is 25.3 Å².